The zero-order valence-corrected chi connectivity index (χ0v) is 8.22. The van der Waals surface area contributed by atoms with Crippen LogP contribution in [0.25, 0.3) is 0 Å². The lowest BCUT2D eigenvalue weighted by Crippen LogP contribution is -2.25. The summed E-state index contributed by atoms with van der Waals surface area (Å²) in [5.74, 6) is 0.382. The normalized spacial score (nSPS) is 14.4. The van der Waals surface area contributed by atoms with Crippen LogP contribution in [0, 0.1) is 0 Å². The van der Waals surface area contributed by atoms with Crippen molar-refractivity contribution in [3.05, 3.63) is 16.6 Å². The summed E-state index contributed by atoms with van der Waals surface area (Å²) in [7, 11) is 0. The lowest BCUT2D eigenvalue weighted by molar-refractivity contribution is -0.118. The number of rotatable bonds is 0. The molecule has 0 saturated heterocycles. The number of nitrogens with two attached hydrogens (primary N) is 1. The van der Waals surface area contributed by atoms with Crippen LogP contribution < -0.4 is 15.8 Å². The van der Waals surface area contributed by atoms with Crippen LogP contribution in [-0.2, 0) is 4.79 Å². The number of hydrogen-bond acceptors (Lipinski definition) is 3. The van der Waals surface area contributed by atoms with Crippen molar-refractivity contribution in [2.75, 3.05) is 17.7 Å². The van der Waals surface area contributed by atoms with Gasteiger partial charge >= 0.3 is 0 Å². The summed E-state index contributed by atoms with van der Waals surface area (Å²) >= 11 is 3.27. The highest BCUT2D eigenvalue weighted by atomic mass is 79.9. The zero-order chi connectivity index (χ0) is 9.42. The van der Waals surface area contributed by atoms with Gasteiger partial charge in [0, 0.05) is 4.47 Å². The number of halogens is 1. The van der Waals surface area contributed by atoms with Crippen molar-refractivity contribution in [3.8, 4) is 5.75 Å². The van der Waals surface area contributed by atoms with Gasteiger partial charge in [0.15, 0.2) is 12.4 Å². The third kappa shape index (κ3) is 1.47. The minimum atomic E-state index is -0.162. The Morgan fingerprint density at radius 3 is 3.08 bits per heavy atom. The van der Waals surface area contributed by atoms with Crippen LogP contribution in [0.4, 0.5) is 11.4 Å². The molecule has 4 nitrogen and oxygen atoms in total. The number of carbonyl (C=O) groups is 1. The number of carbonyl (C=O) groups excluding carboxylic acids is 1. The number of hydrogen-bond donors (Lipinski definition) is 2. The molecule has 0 fully saturated rings. The van der Waals surface area contributed by atoms with E-state index in [2.05, 4.69) is 21.2 Å². The third-order valence-corrected chi connectivity index (χ3v) is 2.16. The van der Waals surface area contributed by atoms with Gasteiger partial charge in [0.25, 0.3) is 5.91 Å². The van der Waals surface area contributed by atoms with Crippen molar-refractivity contribution in [1.29, 1.82) is 0 Å². The van der Waals surface area contributed by atoms with Gasteiger partial charge in [0.2, 0.25) is 0 Å². The fourth-order valence-electron chi connectivity index (χ4n) is 1.19. The molecule has 13 heavy (non-hydrogen) atoms. The standard InChI is InChI=1S/C8H7BrN2O2/c9-4-1-5(10)8-6(2-4)11-7(12)3-13-8/h1-2H,3,10H2,(H,11,12). The fraction of sp³-hybridized carbons (Fsp3) is 0.125. The van der Waals surface area contributed by atoms with Crippen LogP contribution in [0.15, 0.2) is 16.6 Å². The van der Waals surface area contributed by atoms with Gasteiger partial charge in [0.05, 0.1) is 11.4 Å². The maximum atomic E-state index is 11.0. The Bertz CT molecular complexity index is 379. The first-order valence-electron chi connectivity index (χ1n) is 3.68. The molecule has 3 N–H and O–H groups in total. The number of amides is 1. The molecule has 0 unspecified atom stereocenters. The van der Waals surface area contributed by atoms with Crippen LogP contribution in [0.2, 0.25) is 0 Å². The van der Waals surface area contributed by atoms with Crippen LogP contribution >= 0.6 is 15.9 Å². The van der Waals surface area contributed by atoms with Gasteiger partial charge in [-0.05, 0) is 12.1 Å². The van der Waals surface area contributed by atoms with E-state index in [1.807, 2.05) is 0 Å². The Hall–Kier alpha value is -1.23. The van der Waals surface area contributed by atoms with E-state index in [1.165, 1.54) is 0 Å². The van der Waals surface area contributed by atoms with E-state index in [-0.39, 0.29) is 12.5 Å². The first-order chi connectivity index (χ1) is 6.16. The zero-order valence-electron chi connectivity index (χ0n) is 6.63. The van der Waals surface area contributed by atoms with Gasteiger partial charge < -0.3 is 15.8 Å². The van der Waals surface area contributed by atoms with Crippen molar-refractivity contribution in [2.45, 2.75) is 0 Å². The summed E-state index contributed by atoms with van der Waals surface area (Å²) in [6, 6.07) is 3.49. The smallest absolute Gasteiger partial charge is 0.262 e. The highest BCUT2D eigenvalue weighted by Gasteiger charge is 2.18. The summed E-state index contributed by atoms with van der Waals surface area (Å²) in [6.45, 7) is 0.0266. The highest BCUT2D eigenvalue weighted by Crippen LogP contribution is 2.36. The number of anilines is 2. The molecule has 1 aliphatic rings. The molecule has 0 radical (unpaired) electrons. The predicted octanol–water partition coefficient (Wildman–Crippen LogP) is 1.36. The molecule has 1 heterocycles. The molecule has 1 aliphatic heterocycles. The van der Waals surface area contributed by atoms with E-state index in [1.54, 1.807) is 12.1 Å². The van der Waals surface area contributed by atoms with Crippen molar-refractivity contribution >= 4 is 33.2 Å². The van der Waals surface area contributed by atoms with Gasteiger partial charge in [-0.25, -0.2) is 0 Å². The van der Waals surface area contributed by atoms with Crippen LogP contribution in [0.5, 0.6) is 5.75 Å². The molecule has 0 aromatic heterocycles. The second-order valence-corrected chi connectivity index (χ2v) is 3.62. The van der Waals surface area contributed by atoms with Crippen LogP contribution in [0.1, 0.15) is 0 Å². The van der Waals surface area contributed by atoms with Crippen molar-refractivity contribution < 1.29 is 9.53 Å². The molecular weight excluding hydrogens is 236 g/mol. The molecule has 0 saturated carbocycles. The molecular formula is C8H7BrN2O2. The number of benzene rings is 1. The van der Waals surface area contributed by atoms with Crippen molar-refractivity contribution in [3.63, 3.8) is 0 Å². The SMILES string of the molecule is Nc1cc(Br)cc2c1OCC(=O)N2. The summed E-state index contributed by atoms with van der Waals surface area (Å²) in [5.41, 5.74) is 6.81. The van der Waals surface area contributed by atoms with E-state index in [9.17, 15) is 4.79 Å². The lowest BCUT2D eigenvalue weighted by atomic mass is 10.2. The largest absolute Gasteiger partial charge is 0.479 e. The Balaban J connectivity index is 2.53. The number of nitrogens with one attached hydrogen (secondary N) is 1. The molecule has 1 aromatic rings. The van der Waals surface area contributed by atoms with Crippen molar-refractivity contribution in [1.82, 2.24) is 0 Å². The summed E-state index contributed by atoms with van der Waals surface area (Å²) in [4.78, 5) is 11.0. The minimum Gasteiger partial charge on any atom is -0.479 e. The Morgan fingerprint density at radius 1 is 1.54 bits per heavy atom. The molecule has 0 spiro atoms. The van der Waals surface area contributed by atoms with Gasteiger partial charge in [-0.1, -0.05) is 15.9 Å². The van der Waals surface area contributed by atoms with Crippen molar-refractivity contribution in [2.24, 2.45) is 0 Å². The monoisotopic (exact) mass is 242 g/mol. The van der Waals surface area contributed by atoms with E-state index < -0.39 is 0 Å². The topological polar surface area (TPSA) is 64.3 Å². The van der Waals surface area contributed by atoms with Crippen LogP contribution in [-0.4, -0.2) is 12.5 Å². The van der Waals surface area contributed by atoms with Gasteiger partial charge in [-0.3, -0.25) is 4.79 Å². The number of nitrogen functional groups attached to an aromatic ring is 1. The number of ether oxygens (including phenoxy) is 1. The minimum absolute atomic E-state index is 0.0266. The fourth-order valence-corrected chi connectivity index (χ4v) is 1.67. The maximum absolute atomic E-state index is 11.0. The molecule has 1 amide bonds. The Labute approximate surface area is 83.2 Å². The lowest BCUT2D eigenvalue weighted by Gasteiger charge is -2.19. The summed E-state index contributed by atoms with van der Waals surface area (Å²) in [5, 5.41) is 2.67. The second kappa shape index (κ2) is 2.92. The van der Waals surface area contributed by atoms with Crippen LogP contribution in [0.3, 0.4) is 0 Å². The van der Waals surface area contributed by atoms with Gasteiger partial charge in [0.1, 0.15) is 0 Å². The summed E-state index contributed by atoms with van der Waals surface area (Å²) < 4.78 is 5.98. The third-order valence-electron chi connectivity index (χ3n) is 1.70. The van der Waals surface area contributed by atoms with E-state index in [0.29, 0.717) is 17.1 Å². The molecule has 0 atom stereocenters. The summed E-state index contributed by atoms with van der Waals surface area (Å²) in [6.07, 6.45) is 0. The maximum Gasteiger partial charge on any atom is 0.262 e. The first-order valence-corrected chi connectivity index (χ1v) is 4.48. The average Bonchev–Trinajstić information content (AvgIpc) is 2.02. The first kappa shape index (κ1) is 8.37. The van der Waals surface area contributed by atoms with E-state index >= 15 is 0 Å². The van der Waals surface area contributed by atoms with E-state index in [0.717, 1.165) is 4.47 Å². The Morgan fingerprint density at radius 2 is 2.31 bits per heavy atom. The molecule has 2 rings (SSSR count). The molecule has 68 valence electrons. The quantitative estimate of drug-likeness (QED) is 0.676. The second-order valence-electron chi connectivity index (χ2n) is 2.71. The molecule has 5 heteroatoms. The number of fused-ring (bicyclic) bond motifs is 1. The highest BCUT2D eigenvalue weighted by molar-refractivity contribution is 9.10. The van der Waals surface area contributed by atoms with E-state index in [4.69, 9.17) is 10.5 Å². The van der Waals surface area contributed by atoms with Gasteiger partial charge in [-0.15, -0.1) is 0 Å². The molecule has 1 aromatic carbocycles. The Kier molecular flexibility index (Phi) is 1.88. The average molecular weight is 243 g/mol. The predicted molar refractivity (Wildman–Crippen MR) is 52.7 cm³/mol. The van der Waals surface area contributed by atoms with Gasteiger partial charge in [-0.2, -0.15) is 0 Å². The molecule has 0 aliphatic carbocycles. The molecule has 0 bridgehead atoms.